The molecule has 0 bridgehead atoms. The molecule has 0 amide bonds. The van der Waals surface area contributed by atoms with Gasteiger partial charge in [-0.05, 0) is 68.3 Å². The van der Waals surface area contributed by atoms with Crippen LogP contribution >= 0.6 is 11.6 Å². The zero-order valence-corrected chi connectivity index (χ0v) is 19.6. The average Bonchev–Trinajstić information content (AvgIpc) is 3.11. The summed E-state index contributed by atoms with van der Waals surface area (Å²) in [5, 5.41) is 0.302. The van der Waals surface area contributed by atoms with Crippen molar-refractivity contribution >= 4 is 29.1 Å². The van der Waals surface area contributed by atoms with E-state index in [1.807, 2.05) is 31.2 Å². The van der Waals surface area contributed by atoms with Crippen LogP contribution in [0.3, 0.4) is 0 Å². The lowest BCUT2D eigenvalue weighted by molar-refractivity contribution is 0.101. The molecule has 3 aromatic rings. The van der Waals surface area contributed by atoms with Gasteiger partial charge in [-0.1, -0.05) is 29.8 Å². The molecule has 0 radical (unpaired) electrons. The Morgan fingerprint density at radius 1 is 1.09 bits per heavy atom. The molecule has 3 aromatic carbocycles. The summed E-state index contributed by atoms with van der Waals surface area (Å²) in [6.45, 7) is 7.89. The smallest absolute Gasteiger partial charge is 0.232 e. The SMILES string of the molecule is CCN(CC)c1ccc(/C=C2\Oc3cc(OCc4c(F)cccc4Cl)cc(C)c3C2=O)cc1. The van der Waals surface area contributed by atoms with Crippen LogP contribution in [0.4, 0.5) is 10.1 Å². The highest BCUT2D eigenvalue weighted by molar-refractivity contribution is 6.31. The van der Waals surface area contributed by atoms with Crippen molar-refractivity contribution in [2.75, 3.05) is 18.0 Å². The lowest BCUT2D eigenvalue weighted by Gasteiger charge is -2.20. The second-order valence-corrected chi connectivity index (χ2v) is 8.21. The summed E-state index contributed by atoms with van der Waals surface area (Å²) >= 11 is 6.08. The van der Waals surface area contributed by atoms with Crippen molar-refractivity contribution < 1.29 is 18.7 Å². The lowest BCUT2D eigenvalue weighted by Crippen LogP contribution is -2.21. The highest BCUT2D eigenvalue weighted by atomic mass is 35.5. The van der Waals surface area contributed by atoms with Gasteiger partial charge in [-0.2, -0.15) is 0 Å². The van der Waals surface area contributed by atoms with Crippen LogP contribution in [0.5, 0.6) is 11.5 Å². The third kappa shape index (κ3) is 4.74. The van der Waals surface area contributed by atoms with Crippen molar-refractivity contribution in [3.63, 3.8) is 0 Å². The van der Waals surface area contributed by atoms with E-state index in [1.165, 1.54) is 6.07 Å². The Labute approximate surface area is 198 Å². The molecule has 4 nitrogen and oxygen atoms in total. The van der Waals surface area contributed by atoms with Gasteiger partial charge in [0.15, 0.2) is 5.76 Å². The maximum absolute atomic E-state index is 14.0. The molecule has 0 aliphatic carbocycles. The van der Waals surface area contributed by atoms with E-state index < -0.39 is 5.82 Å². The predicted octanol–water partition coefficient (Wildman–Crippen LogP) is 6.83. The molecule has 0 saturated heterocycles. The fraction of sp³-hybridized carbons (Fsp3) is 0.222. The van der Waals surface area contributed by atoms with Crippen LogP contribution in [-0.2, 0) is 6.61 Å². The van der Waals surface area contributed by atoms with Crippen molar-refractivity contribution in [3.05, 3.63) is 93.5 Å². The molecule has 0 unspecified atom stereocenters. The Morgan fingerprint density at radius 3 is 2.48 bits per heavy atom. The number of halogens is 2. The zero-order chi connectivity index (χ0) is 23.5. The molecule has 0 aromatic heterocycles. The van der Waals surface area contributed by atoms with E-state index in [4.69, 9.17) is 21.1 Å². The number of carbonyl (C=O) groups excluding carboxylic acids is 1. The van der Waals surface area contributed by atoms with E-state index in [1.54, 1.807) is 30.3 Å². The molecule has 0 atom stereocenters. The molecule has 0 spiro atoms. The highest BCUT2D eigenvalue weighted by Gasteiger charge is 2.30. The topological polar surface area (TPSA) is 38.8 Å². The fourth-order valence-electron chi connectivity index (χ4n) is 3.91. The Hall–Kier alpha value is -3.31. The van der Waals surface area contributed by atoms with Gasteiger partial charge in [-0.25, -0.2) is 4.39 Å². The number of anilines is 1. The molecular formula is C27H25ClFNO3. The zero-order valence-electron chi connectivity index (χ0n) is 18.8. The molecule has 0 N–H and O–H groups in total. The Morgan fingerprint density at radius 2 is 1.82 bits per heavy atom. The summed E-state index contributed by atoms with van der Waals surface area (Å²) in [5.74, 6) is 0.574. The van der Waals surface area contributed by atoms with Gasteiger partial charge in [0.05, 0.1) is 10.6 Å². The molecule has 33 heavy (non-hydrogen) atoms. The third-order valence-corrected chi connectivity index (χ3v) is 6.06. The van der Waals surface area contributed by atoms with Crippen molar-refractivity contribution in [3.8, 4) is 11.5 Å². The number of hydrogen-bond acceptors (Lipinski definition) is 4. The summed E-state index contributed by atoms with van der Waals surface area (Å²) in [6.07, 6.45) is 1.74. The quantitative estimate of drug-likeness (QED) is 0.358. The number of aryl methyl sites for hydroxylation is 1. The number of fused-ring (bicyclic) bond motifs is 1. The van der Waals surface area contributed by atoms with Crippen molar-refractivity contribution in [1.29, 1.82) is 0 Å². The second kappa shape index (κ2) is 9.67. The number of ketones is 1. The summed E-state index contributed by atoms with van der Waals surface area (Å²) in [6, 6.07) is 15.9. The molecule has 4 rings (SSSR count). The number of Topliss-reactive ketones (excluding diaryl/α,β-unsaturated/α-hetero) is 1. The van der Waals surface area contributed by atoms with Gasteiger partial charge in [0, 0.05) is 30.4 Å². The first kappa shape index (κ1) is 22.9. The van der Waals surface area contributed by atoms with Gasteiger partial charge in [0.1, 0.15) is 23.9 Å². The summed E-state index contributed by atoms with van der Waals surface area (Å²) < 4.78 is 25.7. The van der Waals surface area contributed by atoms with E-state index in [-0.39, 0.29) is 23.7 Å². The Balaban J connectivity index is 1.53. The molecule has 0 fully saturated rings. The number of nitrogens with zero attached hydrogens (tertiary/aromatic N) is 1. The lowest BCUT2D eigenvalue weighted by atomic mass is 10.0. The van der Waals surface area contributed by atoms with Crippen LogP contribution in [-0.4, -0.2) is 18.9 Å². The molecule has 1 heterocycles. The molecule has 170 valence electrons. The van der Waals surface area contributed by atoms with Gasteiger partial charge in [0.25, 0.3) is 0 Å². The van der Waals surface area contributed by atoms with Crippen LogP contribution in [0.25, 0.3) is 6.08 Å². The first-order valence-electron chi connectivity index (χ1n) is 10.9. The minimum atomic E-state index is -0.427. The Bertz CT molecular complexity index is 1200. The summed E-state index contributed by atoms with van der Waals surface area (Å²) in [7, 11) is 0. The Kier molecular flexibility index (Phi) is 6.70. The minimum Gasteiger partial charge on any atom is -0.489 e. The van der Waals surface area contributed by atoms with Gasteiger partial charge < -0.3 is 14.4 Å². The van der Waals surface area contributed by atoms with Crippen LogP contribution in [0.2, 0.25) is 5.02 Å². The number of allylic oxidation sites excluding steroid dienone is 1. The normalized spacial score (nSPS) is 13.7. The second-order valence-electron chi connectivity index (χ2n) is 7.81. The molecule has 1 aliphatic heterocycles. The predicted molar refractivity (Wildman–Crippen MR) is 130 cm³/mol. The third-order valence-electron chi connectivity index (χ3n) is 5.71. The first-order chi connectivity index (χ1) is 15.9. The van der Waals surface area contributed by atoms with Crippen LogP contribution in [0, 0.1) is 12.7 Å². The van der Waals surface area contributed by atoms with E-state index in [2.05, 4.69) is 18.7 Å². The van der Waals surface area contributed by atoms with Crippen LogP contribution < -0.4 is 14.4 Å². The summed E-state index contributed by atoms with van der Waals surface area (Å²) in [5.41, 5.74) is 3.54. The fourth-order valence-corrected chi connectivity index (χ4v) is 4.13. The van der Waals surface area contributed by atoms with Crippen LogP contribution in [0.1, 0.15) is 40.9 Å². The van der Waals surface area contributed by atoms with Gasteiger partial charge in [0.2, 0.25) is 5.78 Å². The van der Waals surface area contributed by atoms with Crippen molar-refractivity contribution in [2.45, 2.75) is 27.4 Å². The molecule has 0 saturated carbocycles. The monoisotopic (exact) mass is 465 g/mol. The maximum Gasteiger partial charge on any atom is 0.232 e. The molecular weight excluding hydrogens is 441 g/mol. The molecule has 6 heteroatoms. The first-order valence-corrected chi connectivity index (χ1v) is 11.3. The highest BCUT2D eigenvalue weighted by Crippen LogP contribution is 2.38. The van der Waals surface area contributed by atoms with E-state index in [0.717, 1.165) is 29.9 Å². The number of benzene rings is 3. The van der Waals surface area contributed by atoms with E-state index in [0.29, 0.717) is 22.1 Å². The number of hydrogen-bond donors (Lipinski definition) is 0. The van der Waals surface area contributed by atoms with Gasteiger partial charge in [-0.15, -0.1) is 0 Å². The van der Waals surface area contributed by atoms with E-state index in [9.17, 15) is 9.18 Å². The number of rotatable bonds is 7. The van der Waals surface area contributed by atoms with Gasteiger partial charge in [-0.3, -0.25) is 4.79 Å². The van der Waals surface area contributed by atoms with E-state index >= 15 is 0 Å². The average molecular weight is 466 g/mol. The standard InChI is InChI=1S/C27H25ClFNO3/c1-4-30(5-2)19-11-9-18(10-12-19)14-25-27(31)26-17(3)13-20(15-24(26)33-25)32-16-21-22(28)7-6-8-23(21)29/h6-15H,4-5,16H2,1-3H3/b25-14-. The largest absolute Gasteiger partial charge is 0.489 e. The summed E-state index contributed by atoms with van der Waals surface area (Å²) in [4.78, 5) is 15.2. The van der Waals surface area contributed by atoms with Gasteiger partial charge >= 0.3 is 0 Å². The number of ether oxygens (including phenoxy) is 2. The minimum absolute atomic E-state index is 0.0285. The number of carbonyl (C=O) groups is 1. The van der Waals surface area contributed by atoms with Crippen LogP contribution in [0.15, 0.2) is 60.4 Å². The maximum atomic E-state index is 14.0. The molecule has 1 aliphatic rings. The van der Waals surface area contributed by atoms with Crippen molar-refractivity contribution in [2.24, 2.45) is 0 Å². The van der Waals surface area contributed by atoms with Crippen molar-refractivity contribution in [1.82, 2.24) is 0 Å².